The van der Waals surface area contributed by atoms with Crippen LogP contribution in [0.3, 0.4) is 0 Å². The second kappa shape index (κ2) is 7.61. The molecule has 7 nitrogen and oxygen atoms in total. The third-order valence-corrected chi connectivity index (χ3v) is 3.46. The first kappa shape index (κ1) is 18.2. The molecule has 24 heavy (non-hydrogen) atoms. The first-order valence-corrected chi connectivity index (χ1v) is 8.07. The number of carbonyl (C=O) groups excluding carboxylic acids is 1. The molecular weight excluding hydrogens is 312 g/mol. The van der Waals surface area contributed by atoms with Crippen LogP contribution in [0.25, 0.3) is 0 Å². The lowest BCUT2D eigenvalue weighted by Crippen LogP contribution is -2.37. The fourth-order valence-corrected chi connectivity index (χ4v) is 2.43. The zero-order chi connectivity index (χ0) is 17.7. The van der Waals surface area contributed by atoms with E-state index in [1.165, 1.54) is 7.11 Å². The molecule has 7 heteroatoms. The number of benzene rings is 1. The standard InChI is InChI=1S/C17H26N2O5/c1-17(2,3)24-16(21)19-13-8-12(9-14(22-4)15(13)20)23-11-6-5-7-18-10-11/h8-9,11,18,20H,5-7,10H2,1-4H3,(H,19,21). The van der Waals surface area contributed by atoms with Crippen LogP contribution in [0.15, 0.2) is 12.1 Å². The van der Waals surface area contributed by atoms with Crippen LogP contribution in [-0.2, 0) is 4.74 Å². The largest absolute Gasteiger partial charge is 0.503 e. The molecule has 1 aromatic rings. The molecule has 0 aromatic heterocycles. The van der Waals surface area contributed by atoms with Crippen LogP contribution in [0, 0.1) is 0 Å². The smallest absolute Gasteiger partial charge is 0.412 e. The van der Waals surface area contributed by atoms with Crippen molar-refractivity contribution in [1.82, 2.24) is 5.32 Å². The van der Waals surface area contributed by atoms with Crippen molar-refractivity contribution < 1.29 is 24.1 Å². The van der Waals surface area contributed by atoms with Crippen LogP contribution in [0.2, 0.25) is 0 Å². The molecule has 1 unspecified atom stereocenters. The number of methoxy groups -OCH3 is 1. The Morgan fingerprint density at radius 1 is 1.38 bits per heavy atom. The van der Waals surface area contributed by atoms with Gasteiger partial charge in [0.15, 0.2) is 11.5 Å². The Bertz CT molecular complexity index is 577. The molecule has 1 saturated heterocycles. The second-order valence-corrected chi connectivity index (χ2v) is 6.73. The summed E-state index contributed by atoms with van der Waals surface area (Å²) in [6, 6.07) is 3.17. The van der Waals surface area contributed by atoms with Gasteiger partial charge in [-0.25, -0.2) is 4.79 Å². The Morgan fingerprint density at radius 2 is 2.12 bits per heavy atom. The summed E-state index contributed by atoms with van der Waals surface area (Å²) < 4.78 is 16.3. The van der Waals surface area contributed by atoms with Gasteiger partial charge in [-0.1, -0.05) is 0 Å². The van der Waals surface area contributed by atoms with Crippen molar-refractivity contribution in [2.24, 2.45) is 0 Å². The summed E-state index contributed by atoms with van der Waals surface area (Å²) in [5, 5.41) is 16.0. The topological polar surface area (TPSA) is 89.1 Å². The van der Waals surface area contributed by atoms with Crippen molar-refractivity contribution in [3.8, 4) is 17.2 Å². The Kier molecular flexibility index (Phi) is 5.77. The Balaban J connectivity index is 2.16. The van der Waals surface area contributed by atoms with Gasteiger partial charge in [-0.3, -0.25) is 5.32 Å². The zero-order valence-corrected chi connectivity index (χ0v) is 14.6. The minimum atomic E-state index is -0.656. The lowest BCUT2D eigenvalue weighted by atomic mass is 10.1. The van der Waals surface area contributed by atoms with Crippen LogP contribution in [0.1, 0.15) is 33.6 Å². The fraction of sp³-hybridized carbons (Fsp3) is 0.588. The third-order valence-electron chi connectivity index (χ3n) is 3.46. The highest BCUT2D eigenvalue weighted by Crippen LogP contribution is 2.39. The number of hydrogen-bond donors (Lipinski definition) is 3. The molecule has 0 aliphatic carbocycles. The van der Waals surface area contributed by atoms with Gasteiger partial charge in [0.25, 0.3) is 0 Å². The highest BCUT2D eigenvalue weighted by atomic mass is 16.6. The maximum Gasteiger partial charge on any atom is 0.412 e. The van der Waals surface area contributed by atoms with E-state index in [2.05, 4.69) is 10.6 Å². The lowest BCUT2D eigenvalue weighted by molar-refractivity contribution is 0.0635. The Morgan fingerprint density at radius 3 is 2.71 bits per heavy atom. The van der Waals surface area contributed by atoms with E-state index >= 15 is 0 Å². The highest BCUT2D eigenvalue weighted by molar-refractivity contribution is 5.88. The summed E-state index contributed by atoms with van der Waals surface area (Å²) >= 11 is 0. The first-order valence-electron chi connectivity index (χ1n) is 8.07. The van der Waals surface area contributed by atoms with Gasteiger partial charge < -0.3 is 24.6 Å². The van der Waals surface area contributed by atoms with Gasteiger partial charge in [0, 0.05) is 18.7 Å². The van der Waals surface area contributed by atoms with Crippen molar-refractivity contribution in [1.29, 1.82) is 0 Å². The van der Waals surface area contributed by atoms with Gasteiger partial charge in [0.05, 0.1) is 12.8 Å². The van der Waals surface area contributed by atoms with Crippen LogP contribution in [0.5, 0.6) is 17.2 Å². The van der Waals surface area contributed by atoms with Crippen LogP contribution in [-0.4, -0.2) is 43.1 Å². The van der Waals surface area contributed by atoms with E-state index in [9.17, 15) is 9.90 Å². The van der Waals surface area contributed by atoms with Gasteiger partial charge in [-0.2, -0.15) is 0 Å². The van der Waals surface area contributed by atoms with Gasteiger partial charge in [0.1, 0.15) is 17.5 Å². The number of phenolic OH excluding ortho intramolecular Hbond substituents is 1. The molecule has 2 rings (SSSR count). The van der Waals surface area contributed by atoms with E-state index in [-0.39, 0.29) is 23.3 Å². The summed E-state index contributed by atoms with van der Waals surface area (Å²) in [4.78, 5) is 11.9. The minimum Gasteiger partial charge on any atom is -0.503 e. The number of carbonyl (C=O) groups is 1. The normalized spacial score (nSPS) is 17.9. The Hall–Kier alpha value is -2.15. The van der Waals surface area contributed by atoms with Crippen LogP contribution >= 0.6 is 0 Å². The number of piperidine rings is 1. The molecule has 1 aliphatic rings. The highest BCUT2D eigenvalue weighted by Gasteiger charge is 2.21. The van der Waals surface area contributed by atoms with Gasteiger partial charge >= 0.3 is 6.09 Å². The molecule has 1 aromatic carbocycles. The number of hydrogen-bond acceptors (Lipinski definition) is 6. The molecule has 0 saturated carbocycles. The Labute approximate surface area is 142 Å². The molecule has 1 amide bonds. The summed E-state index contributed by atoms with van der Waals surface area (Å²) in [5.41, 5.74) is -0.451. The van der Waals surface area contributed by atoms with E-state index in [4.69, 9.17) is 14.2 Å². The van der Waals surface area contributed by atoms with E-state index in [1.807, 2.05) is 0 Å². The van der Waals surface area contributed by atoms with E-state index < -0.39 is 11.7 Å². The van der Waals surface area contributed by atoms with Crippen molar-refractivity contribution in [2.75, 3.05) is 25.5 Å². The fourth-order valence-electron chi connectivity index (χ4n) is 2.43. The monoisotopic (exact) mass is 338 g/mol. The van der Waals surface area contributed by atoms with E-state index in [0.29, 0.717) is 5.75 Å². The average molecular weight is 338 g/mol. The number of amides is 1. The first-order chi connectivity index (χ1) is 11.3. The SMILES string of the molecule is COc1cc(OC2CCCNC2)cc(NC(=O)OC(C)(C)C)c1O. The number of aromatic hydroxyl groups is 1. The molecule has 0 bridgehead atoms. The van der Waals surface area contributed by atoms with Crippen molar-refractivity contribution in [3.05, 3.63) is 12.1 Å². The van der Waals surface area contributed by atoms with Crippen molar-refractivity contribution >= 4 is 11.8 Å². The molecular formula is C17H26N2O5. The van der Waals surface area contributed by atoms with Crippen molar-refractivity contribution in [3.63, 3.8) is 0 Å². The van der Waals surface area contributed by atoms with E-state index in [0.717, 1.165) is 25.9 Å². The van der Waals surface area contributed by atoms with Gasteiger partial charge in [-0.05, 0) is 40.2 Å². The molecule has 1 aliphatic heterocycles. The summed E-state index contributed by atoms with van der Waals surface area (Å²) in [5.74, 6) is 0.573. The molecule has 134 valence electrons. The summed E-state index contributed by atoms with van der Waals surface area (Å²) in [6.45, 7) is 7.05. The number of anilines is 1. The number of ether oxygens (including phenoxy) is 3. The van der Waals surface area contributed by atoms with Crippen LogP contribution < -0.4 is 20.1 Å². The number of phenols is 1. The molecule has 1 heterocycles. The number of rotatable bonds is 4. The summed E-state index contributed by atoms with van der Waals surface area (Å²) in [6.07, 6.45) is 1.38. The van der Waals surface area contributed by atoms with Crippen molar-refractivity contribution in [2.45, 2.75) is 45.3 Å². The maximum absolute atomic E-state index is 11.9. The predicted molar refractivity (Wildman–Crippen MR) is 91.0 cm³/mol. The molecule has 0 spiro atoms. The lowest BCUT2D eigenvalue weighted by Gasteiger charge is -2.25. The maximum atomic E-state index is 11.9. The number of nitrogens with one attached hydrogen (secondary N) is 2. The second-order valence-electron chi connectivity index (χ2n) is 6.73. The van der Waals surface area contributed by atoms with Gasteiger partial charge in [0.2, 0.25) is 0 Å². The molecule has 1 atom stereocenters. The van der Waals surface area contributed by atoms with Crippen LogP contribution in [0.4, 0.5) is 10.5 Å². The average Bonchev–Trinajstić information content (AvgIpc) is 2.49. The molecule has 1 fully saturated rings. The molecule has 0 radical (unpaired) electrons. The minimum absolute atomic E-state index is 0.0439. The predicted octanol–water partition coefficient (Wildman–Crippen LogP) is 2.88. The summed E-state index contributed by atoms with van der Waals surface area (Å²) in [7, 11) is 1.44. The van der Waals surface area contributed by atoms with E-state index in [1.54, 1.807) is 32.9 Å². The third kappa shape index (κ3) is 5.19. The van der Waals surface area contributed by atoms with Gasteiger partial charge in [-0.15, -0.1) is 0 Å². The molecule has 3 N–H and O–H groups in total. The quantitative estimate of drug-likeness (QED) is 0.732. The zero-order valence-electron chi connectivity index (χ0n) is 14.6.